The van der Waals surface area contributed by atoms with Gasteiger partial charge in [-0.25, -0.2) is 0 Å². The number of ketones is 2. The maximum absolute atomic E-state index is 11.4. The van der Waals surface area contributed by atoms with E-state index < -0.39 is 28.0 Å². The van der Waals surface area contributed by atoms with E-state index >= 15 is 0 Å². The quantitative estimate of drug-likeness (QED) is 0.291. The molecule has 0 aliphatic heterocycles. The number of carbonyl (C=O) groups is 2. The van der Waals surface area contributed by atoms with Crippen molar-refractivity contribution in [3.8, 4) is 0 Å². The first-order valence-electron chi connectivity index (χ1n) is 4.18. The van der Waals surface area contributed by atoms with Crippen molar-refractivity contribution in [3.63, 3.8) is 0 Å². The minimum atomic E-state index is -3.10. The lowest BCUT2D eigenvalue weighted by molar-refractivity contribution is -0.384. The highest BCUT2D eigenvalue weighted by Crippen LogP contribution is 2.30. The second kappa shape index (κ2) is 2.94. The van der Waals surface area contributed by atoms with Gasteiger partial charge < -0.3 is 10.2 Å². The predicted molar refractivity (Wildman–Crippen MR) is 48.9 cm³/mol. The van der Waals surface area contributed by atoms with Crippen molar-refractivity contribution >= 4 is 17.3 Å². The summed E-state index contributed by atoms with van der Waals surface area (Å²) >= 11 is 0. The van der Waals surface area contributed by atoms with Gasteiger partial charge in [-0.15, -0.1) is 0 Å². The fourth-order valence-electron chi connectivity index (χ4n) is 1.51. The van der Waals surface area contributed by atoms with Crippen LogP contribution in [-0.4, -0.2) is 32.5 Å². The fraction of sp³-hybridized carbons (Fsp3) is 0.111. The first-order chi connectivity index (χ1) is 7.35. The molecule has 2 rings (SSSR count). The molecule has 0 heterocycles. The smallest absolute Gasteiger partial charge is 0.295 e. The lowest BCUT2D eigenvalue weighted by atomic mass is 10.1. The number of Topliss-reactive ketones (excluding diaryl/α,β-unsaturated/α-hetero) is 2. The highest BCUT2D eigenvalue weighted by atomic mass is 16.6. The molecule has 0 saturated carbocycles. The standard InChI is InChI=1S/C9H5NO6/c11-7-5-2-1-4(10(15)16)3-6(5)8(12)9(7,13)14/h1-3,13-14H. The molecule has 2 N–H and O–H groups in total. The summed E-state index contributed by atoms with van der Waals surface area (Å²) in [6.45, 7) is 0. The van der Waals surface area contributed by atoms with Gasteiger partial charge in [0, 0.05) is 23.3 Å². The number of rotatable bonds is 1. The first-order valence-corrected chi connectivity index (χ1v) is 4.18. The van der Waals surface area contributed by atoms with Gasteiger partial charge in [0.1, 0.15) is 0 Å². The van der Waals surface area contributed by atoms with Gasteiger partial charge in [-0.2, -0.15) is 0 Å². The van der Waals surface area contributed by atoms with Gasteiger partial charge >= 0.3 is 0 Å². The van der Waals surface area contributed by atoms with E-state index in [1.54, 1.807) is 0 Å². The molecule has 1 aliphatic carbocycles. The zero-order chi connectivity index (χ0) is 12.1. The Hall–Kier alpha value is -2.12. The lowest BCUT2D eigenvalue weighted by Crippen LogP contribution is -2.40. The van der Waals surface area contributed by atoms with E-state index in [1.807, 2.05) is 0 Å². The Morgan fingerprint density at radius 1 is 1.12 bits per heavy atom. The second-order valence-electron chi connectivity index (χ2n) is 3.32. The van der Waals surface area contributed by atoms with Crippen LogP contribution < -0.4 is 0 Å². The number of non-ortho nitro benzene ring substituents is 1. The van der Waals surface area contributed by atoms with Gasteiger partial charge in [-0.05, 0) is 6.07 Å². The van der Waals surface area contributed by atoms with Crippen LogP contribution in [0, 0.1) is 10.1 Å². The third kappa shape index (κ3) is 1.16. The number of nitrogens with zero attached hydrogens (tertiary/aromatic N) is 1. The highest BCUT2D eigenvalue weighted by molar-refractivity contribution is 6.30. The van der Waals surface area contributed by atoms with Crippen LogP contribution in [0.4, 0.5) is 5.69 Å². The highest BCUT2D eigenvalue weighted by Gasteiger charge is 2.51. The molecule has 0 unspecified atom stereocenters. The molecule has 0 spiro atoms. The molecule has 1 aromatic carbocycles. The van der Waals surface area contributed by atoms with Crippen molar-refractivity contribution in [2.75, 3.05) is 0 Å². The monoisotopic (exact) mass is 223 g/mol. The van der Waals surface area contributed by atoms with Crippen LogP contribution in [0.15, 0.2) is 18.2 Å². The number of aliphatic hydroxyl groups is 2. The number of hydrogen-bond donors (Lipinski definition) is 2. The summed E-state index contributed by atoms with van der Waals surface area (Å²) in [5.74, 6) is -5.50. The summed E-state index contributed by atoms with van der Waals surface area (Å²) in [6.07, 6.45) is 0. The van der Waals surface area contributed by atoms with Crippen molar-refractivity contribution in [3.05, 3.63) is 39.4 Å². The molecule has 0 bridgehead atoms. The van der Waals surface area contributed by atoms with E-state index in [4.69, 9.17) is 10.2 Å². The summed E-state index contributed by atoms with van der Waals surface area (Å²) in [5, 5.41) is 28.8. The number of carbonyl (C=O) groups excluding carboxylic acids is 2. The average molecular weight is 223 g/mol. The molecule has 0 saturated heterocycles. The Bertz CT molecular complexity index is 533. The molecular weight excluding hydrogens is 218 g/mol. The number of nitro benzene ring substituents is 1. The zero-order valence-electron chi connectivity index (χ0n) is 7.71. The van der Waals surface area contributed by atoms with Crippen LogP contribution in [0.3, 0.4) is 0 Å². The molecule has 7 heteroatoms. The molecule has 0 amide bonds. The van der Waals surface area contributed by atoms with Gasteiger partial charge in [-0.3, -0.25) is 19.7 Å². The molecule has 0 atom stereocenters. The molecule has 0 fully saturated rings. The number of nitro groups is 1. The number of benzene rings is 1. The van der Waals surface area contributed by atoms with Crippen molar-refractivity contribution < 1.29 is 24.7 Å². The maximum atomic E-state index is 11.4. The zero-order valence-corrected chi connectivity index (χ0v) is 7.71. The van der Waals surface area contributed by atoms with Crippen LogP contribution >= 0.6 is 0 Å². The summed E-state index contributed by atoms with van der Waals surface area (Å²) in [4.78, 5) is 32.4. The van der Waals surface area contributed by atoms with Gasteiger partial charge in [-0.1, -0.05) is 0 Å². The third-order valence-electron chi connectivity index (χ3n) is 2.34. The van der Waals surface area contributed by atoms with Crippen LogP contribution in [-0.2, 0) is 0 Å². The van der Waals surface area contributed by atoms with E-state index in [0.29, 0.717) is 0 Å². The van der Waals surface area contributed by atoms with Crippen LogP contribution in [0.5, 0.6) is 0 Å². The van der Waals surface area contributed by atoms with Gasteiger partial charge in [0.15, 0.2) is 0 Å². The molecule has 16 heavy (non-hydrogen) atoms. The van der Waals surface area contributed by atoms with E-state index in [2.05, 4.69) is 0 Å². The third-order valence-corrected chi connectivity index (χ3v) is 2.34. The SMILES string of the molecule is O=C1c2ccc([N+](=O)[O-])cc2C(=O)C1(O)O. The van der Waals surface area contributed by atoms with Crippen LogP contribution in [0.2, 0.25) is 0 Å². The molecule has 0 radical (unpaired) electrons. The molecule has 1 aromatic rings. The minimum absolute atomic E-state index is 0.222. The van der Waals surface area contributed by atoms with E-state index in [1.165, 1.54) is 0 Å². The summed E-state index contributed by atoms with van der Waals surface area (Å²) < 4.78 is 0. The van der Waals surface area contributed by atoms with E-state index in [0.717, 1.165) is 18.2 Å². The molecule has 7 nitrogen and oxygen atoms in total. The first kappa shape index (κ1) is 10.4. The Labute approximate surface area is 88.1 Å². The van der Waals surface area contributed by atoms with Crippen molar-refractivity contribution in [2.45, 2.75) is 5.79 Å². The largest absolute Gasteiger partial charge is 0.353 e. The van der Waals surface area contributed by atoms with Crippen molar-refractivity contribution in [1.29, 1.82) is 0 Å². The van der Waals surface area contributed by atoms with Crippen LogP contribution in [0.25, 0.3) is 0 Å². The summed E-state index contributed by atoms with van der Waals surface area (Å²) in [7, 11) is 0. The molecule has 0 aromatic heterocycles. The van der Waals surface area contributed by atoms with Gasteiger partial charge in [0.2, 0.25) is 11.6 Å². The summed E-state index contributed by atoms with van der Waals surface area (Å²) in [5.41, 5.74) is -0.956. The normalized spacial score (nSPS) is 17.4. The predicted octanol–water partition coefficient (Wildman–Crippen LogP) is -0.345. The van der Waals surface area contributed by atoms with E-state index in [9.17, 15) is 19.7 Å². The van der Waals surface area contributed by atoms with Gasteiger partial charge in [0.05, 0.1) is 4.92 Å². The Morgan fingerprint density at radius 3 is 2.25 bits per heavy atom. The average Bonchev–Trinajstić information content (AvgIpc) is 2.40. The van der Waals surface area contributed by atoms with Crippen molar-refractivity contribution in [1.82, 2.24) is 0 Å². The number of hydrogen-bond acceptors (Lipinski definition) is 6. The lowest BCUT2D eigenvalue weighted by Gasteiger charge is -2.08. The van der Waals surface area contributed by atoms with E-state index in [-0.39, 0.29) is 11.1 Å². The Balaban J connectivity index is 2.65. The van der Waals surface area contributed by atoms with Gasteiger partial charge in [0.25, 0.3) is 11.5 Å². The fourth-order valence-corrected chi connectivity index (χ4v) is 1.51. The molecule has 82 valence electrons. The molecule has 1 aliphatic rings. The minimum Gasteiger partial charge on any atom is -0.353 e. The van der Waals surface area contributed by atoms with Crippen molar-refractivity contribution in [2.24, 2.45) is 0 Å². The number of fused-ring (bicyclic) bond motifs is 1. The maximum Gasteiger partial charge on any atom is 0.295 e. The topological polar surface area (TPSA) is 118 Å². The second-order valence-corrected chi connectivity index (χ2v) is 3.32. The molecular formula is C9H5NO6. The Morgan fingerprint density at radius 2 is 1.69 bits per heavy atom. The summed E-state index contributed by atoms with van der Waals surface area (Å²) in [6, 6.07) is 2.90. The van der Waals surface area contributed by atoms with Crippen LogP contribution in [0.1, 0.15) is 20.7 Å². The Kier molecular flexibility index (Phi) is 1.91.